The Morgan fingerprint density at radius 2 is 1.93 bits per heavy atom. The molecule has 0 aromatic heterocycles. The van der Waals surface area contributed by atoms with Gasteiger partial charge in [0, 0.05) is 44.5 Å². The summed E-state index contributed by atoms with van der Waals surface area (Å²) in [6.07, 6.45) is 2.52. The zero-order chi connectivity index (χ0) is 19.9. The van der Waals surface area contributed by atoms with Crippen molar-refractivity contribution in [3.05, 3.63) is 69.8 Å². The van der Waals surface area contributed by atoms with Crippen LogP contribution in [0, 0.1) is 10.1 Å². The van der Waals surface area contributed by atoms with Crippen LogP contribution in [0.15, 0.2) is 53.5 Å². The molecule has 1 fully saturated rings. The number of guanidine groups is 1. The van der Waals surface area contributed by atoms with Crippen molar-refractivity contribution in [1.82, 2.24) is 10.6 Å². The summed E-state index contributed by atoms with van der Waals surface area (Å²) >= 11 is 0. The molecule has 0 amide bonds. The number of nitro benzene ring substituents is 1. The van der Waals surface area contributed by atoms with Crippen LogP contribution in [0.1, 0.15) is 36.9 Å². The first-order valence-corrected chi connectivity index (χ1v) is 9.62. The Morgan fingerprint density at radius 1 is 1.21 bits per heavy atom. The first-order valence-electron chi connectivity index (χ1n) is 9.62. The fourth-order valence-electron chi connectivity index (χ4n) is 3.37. The van der Waals surface area contributed by atoms with Crippen LogP contribution in [0.4, 0.5) is 11.4 Å². The molecule has 3 rings (SSSR count). The van der Waals surface area contributed by atoms with Gasteiger partial charge >= 0.3 is 0 Å². The summed E-state index contributed by atoms with van der Waals surface area (Å²) < 4.78 is 0. The van der Waals surface area contributed by atoms with Gasteiger partial charge in [-0.3, -0.25) is 15.1 Å². The highest BCUT2D eigenvalue weighted by atomic mass is 16.6. The van der Waals surface area contributed by atoms with Crippen molar-refractivity contribution in [3.8, 4) is 0 Å². The quantitative estimate of drug-likeness (QED) is 0.346. The molecule has 7 nitrogen and oxygen atoms in total. The Balaban J connectivity index is 1.58. The van der Waals surface area contributed by atoms with E-state index in [1.165, 1.54) is 36.2 Å². The van der Waals surface area contributed by atoms with E-state index in [1.807, 2.05) is 0 Å². The van der Waals surface area contributed by atoms with Crippen LogP contribution in [0.5, 0.6) is 0 Å². The van der Waals surface area contributed by atoms with Gasteiger partial charge in [-0.1, -0.05) is 24.3 Å². The van der Waals surface area contributed by atoms with Crippen molar-refractivity contribution in [1.29, 1.82) is 0 Å². The predicted molar refractivity (Wildman–Crippen MR) is 113 cm³/mol. The molecule has 148 valence electrons. The lowest BCUT2D eigenvalue weighted by Gasteiger charge is -2.22. The third-order valence-corrected chi connectivity index (χ3v) is 5.03. The van der Waals surface area contributed by atoms with Gasteiger partial charge in [-0.25, -0.2) is 0 Å². The average Bonchev–Trinajstić information content (AvgIpc) is 3.26. The molecular formula is C21H27N5O2. The summed E-state index contributed by atoms with van der Waals surface area (Å²) in [5, 5.41) is 17.4. The molecule has 2 aromatic rings. The number of nitrogens with one attached hydrogen (secondary N) is 2. The molecule has 2 aromatic carbocycles. The molecule has 1 atom stereocenters. The number of aliphatic imine (C=N–C) groups is 1. The summed E-state index contributed by atoms with van der Waals surface area (Å²) in [5.74, 6) is 0.692. The SMILES string of the molecule is CN=C(NCc1ccc([N+](=O)[O-])cc1)NC(C)c1cccc(N2CCCC2)c1. The van der Waals surface area contributed by atoms with Crippen molar-refractivity contribution in [2.75, 3.05) is 25.0 Å². The molecule has 0 aliphatic carbocycles. The second-order valence-electron chi connectivity index (χ2n) is 7.00. The third-order valence-electron chi connectivity index (χ3n) is 5.03. The summed E-state index contributed by atoms with van der Waals surface area (Å²) in [6.45, 7) is 4.91. The van der Waals surface area contributed by atoms with Gasteiger partial charge in [0.25, 0.3) is 5.69 Å². The number of hydrogen-bond donors (Lipinski definition) is 2. The molecule has 28 heavy (non-hydrogen) atoms. The van der Waals surface area contributed by atoms with Crippen LogP contribution in [-0.4, -0.2) is 31.0 Å². The van der Waals surface area contributed by atoms with E-state index >= 15 is 0 Å². The van der Waals surface area contributed by atoms with E-state index in [0.29, 0.717) is 12.5 Å². The summed E-state index contributed by atoms with van der Waals surface area (Å²) in [5.41, 5.74) is 3.54. The molecule has 0 bridgehead atoms. The monoisotopic (exact) mass is 381 g/mol. The molecule has 0 radical (unpaired) electrons. The highest BCUT2D eigenvalue weighted by molar-refractivity contribution is 5.80. The Bertz CT molecular complexity index is 829. The van der Waals surface area contributed by atoms with Gasteiger partial charge in [0.05, 0.1) is 11.0 Å². The Labute approximate surface area is 165 Å². The molecule has 1 saturated heterocycles. The maximum atomic E-state index is 10.7. The van der Waals surface area contributed by atoms with Crippen LogP contribution in [-0.2, 0) is 6.54 Å². The maximum absolute atomic E-state index is 10.7. The number of anilines is 1. The molecule has 0 spiro atoms. The summed E-state index contributed by atoms with van der Waals surface area (Å²) in [6, 6.07) is 15.3. The van der Waals surface area contributed by atoms with E-state index in [2.05, 4.69) is 51.7 Å². The smallest absolute Gasteiger partial charge is 0.269 e. The zero-order valence-electron chi connectivity index (χ0n) is 16.4. The largest absolute Gasteiger partial charge is 0.372 e. The lowest BCUT2D eigenvalue weighted by molar-refractivity contribution is -0.384. The van der Waals surface area contributed by atoms with Crippen LogP contribution in [0.3, 0.4) is 0 Å². The molecule has 1 heterocycles. The topological polar surface area (TPSA) is 82.8 Å². The van der Waals surface area contributed by atoms with E-state index in [9.17, 15) is 10.1 Å². The maximum Gasteiger partial charge on any atom is 0.269 e. The lowest BCUT2D eigenvalue weighted by atomic mass is 10.1. The van der Waals surface area contributed by atoms with Gasteiger partial charge in [0.2, 0.25) is 0 Å². The minimum atomic E-state index is -0.393. The molecule has 7 heteroatoms. The minimum Gasteiger partial charge on any atom is -0.372 e. The van der Waals surface area contributed by atoms with Crippen molar-refractivity contribution >= 4 is 17.3 Å². The molecule has 1 unspecified atom stereocenters. The van der Waals surface area contributed by atoms with E-state index in [-0.39, 0.29) is 11.7 Å². The number of nitrogens with zero attached hydrogens (tertiary/aromatic N) is 3. The lowest BCUT2D eigenvalue weighted by Crippen LogP contribution is -2.38. The summed E-state index contributed by atoms with van der Waals surface area (Å²) in [4.78, 5) is 17.1. The van der Waals surface area contributed by atoms with Gasteiger partial charge in [-0.15, -0.1) is 0 Å². The second kappa shape index (κ2) is 9.21. The fourth-order valence-corrected chi connectivity index (χ4v) is 3.37. The molecule has 0 saturated carbocycles. The van der Waals surface area contributed by atoms with E-state index in [1.54, 1.807) is 19.2 Å². The van der Waals surface area contributed by atoms with Crippen molar-refractivity contribution in [3.63, 3.8) is 0 Å². The van der Waals surface area contributed by atoms with E-state index in [4.69, 9.17) is 0 Å². The molecule has 2 N–H and O–H groups in total. The van der Waals surface area contributed by atoms with Gasteiger partial charge in [0.1, 0.15) is 0 Å². The molecular weight excluding hydrogens is 354 g/mol. The van der Waals surface area contributed by atoms with E-state index < -0.39 is 4.92 Å². The van der Waals surface area contributed by atoms with Gasteiger partial charge in [0.15, 0.2) is 5.96 Å². The van der Waals surface area contributed by atoms with Crippen LogP contribution < -0.4 is 15.5 Å². The first-order chi connectivity index (χ1) is 13.6. The number of rotatable bonds is 6. The average molecular weight is 381 g/mol. The van der Waals surface area contributed by atoms with Crippen molar-refractivity contribution in [2.24, 2.45) is 4.99 Å². The van der Waals surface area contributed by atoms with Crippen LogP contribution >= 0.6 is 0 Å². The van der Waals surface area contributed by atoms with Crippen molar-refractivity contribution in [2.45, 2.75) is 32.4 Å². The van der Waals surface area contributed by atoms with Crippen LogP contribution in [0.2, 0.25) is 0 Å². The highest BCUT2D eigenvalue weighted by Crippen LogP contribution is 2.24. The minimum absolute atomic E-state index is 0.0952. The van der Waals surface area contributed by atoms with Crippen LogP contribution in [0.25, 0.3) is 0 Å². The number of hydrogen-bond acceptors (Lipinski definition) is 4. The second-order valence-corrected chi connectivity index (χ2v) is 7.00. The number of non-ortho nitro benzene ring substituents is 1. The van der Waals surface area contributed by atoms with Gasteiger partial charge in [-0.05, 0) is 43.0 Å². The highest BCUT2D eigenvalue weighted by Gasteiger charge is 2.14. The molecule has 1 aliphatic rings. The summed E-state index contributed by atoms with van der Waals surface area (Å²) in [7, 11) is 1.73. The van der Waals surface area contributed by atoms with Crippen molar-refractivity contribution < 1.29 is 4.92 Å². The number of benzene rings is 2. The normalized spacial score (nSPS) is 15.4. The standard InChI is InChI=1S/C21H27N5O2/c1-16(18-6-5-7-20(14-18)25-12-3-4-13-25)24-21(22-2)23-15-17-8-10-19(11-9-17)26(27)28/h5-11,14,16H,3-4,12-13,15H2,1-2H3,(H2,22,23,24). The first kappa shape index (κ1) is 19.7. The Morgan fingerprint density at radius 3 is 2.57 bits per heavy atom. The van der Waals surface area contributed by atoms with Gasteiger partial charge < -0.3 is 15.5 Å². The van der Waals surface area contributed by atoms with Gasteiger partial charge in [-0.2, -0.15) is 0 Å². The number of nitro groups is 1. The Kier molecular flexibility index (Phi) is 6.47. The third kappa shape index (κ3) is 5.00. The Hall–Kier alpha value is -3.09. The van der Waals surface area contributed by atoms with E-state index in [0.717, 1.165) is 18.7 Å². The zero-order valence-corrected chi connectivity index (χ0v) is 16.4. The molecule has 1 aliphatic heterocycles. The fraction of sp³-hybridized carbons (Fsp3) is 0.381. The predicted octanol–water partition coefficient (Wildman–Crippen LogP) is 3.62.